The number of benzene rings is 1. The monoisotopic (exact) mass is 430 g/mol. The third-order valence-corrected chi connectivity index (χ3v) is 4.89. The highest BCUT2D eigenvalue weighted by Crippen LogP contribution is 2.14. The Morgan fingerprint density at radius 1 is 1.16 bits per heavy atom. The van der Waals surface area contributed by atoms with E-state index in [1.807, 2.05) is 0 Å². The number of aromatic nitrogens is 2. The molecule has 1 aliphatic rings. The van der Waals surface area contributed by atoms with E-state index in [0.29, 0.717) is 56.4 Å². The van der Waals surface area contributed by atoms with Gasteiger partial charge in [-0.05, 0) is 31.5 Å². The molecular weight excluding hydrogens is 403 g/mol. The molecule has 0 radical (unpaired) electrons. The van der Waals surface area contributed by atoms with Crippen molar-refractivity contribution in [2.75, 3.05) is 38.1 Å². The molecule has 166 valence electrons. The average molecular weight is 430 g/mol. The highest BCUT2D eigenvalue weighted by Gasteiger charge is 2.22. The van der Waals surface area contributed by atoms with Crippen molar-refractivity contribution in [2.45, 2.75) is 26.9 Å². The molecule has 31 heavy (non-hydrogen) atoms. The Morgan fingerprint density at radius 2 is 1.87 bits per heavy atom. The van der Waals surface area contributed by atoms with E-state index in [0.717, 1.165) is 5.56 Å². The summed E-state index contributed by atoms with van der Waals surface area (Å²) in [5.41, 5.74) is 1.80. The molecule has 0 atom stereocenters. The summed E-state index contributed by atoms with van der Waals surface area (Å²) >= 11 is 0. The van der Waals surface area contributed by atoms with Crippen LogP contribution >= 0.6 is 0 Å². The number of anilines is 1. The van der Waals surface area contributed by atoms with E-state index in [-0.39, 0.29) is 18.5 Å². The van der Waals surface area contributed by atoms with Gasteiger partial charge in [-0.15, -0.1) is 0 Å². The largest absolute Gasteiger partial charge is 0.450 e. The van der Waals surface area contributed by atoms with E-state index in [1.54, 1.807) is 30.9 Å². The lowest BCUT2D eigenvalue weighted by atomic mass is 10.1. The Morgan fingerprint density at radius 3 is 2.55 bits per heavy atom. The lowest BCUT2D eigenvalue weighted by molar-refractivity contribution is 0.0778. The molecule has 2 heterocycles. The molecule has 3 rings (SSSR count). The number of aryl methyl sites for hydroxylation is 1. The Kier molecular flexibility index (Phi) is 7.71. The van der Waals surface area contributed by atoms with Crippen molar-refractivity contribution in [1.82, 2.24) is 25.1 Å². The van der Waals surface area contributed by atoms with E-state index in [1.165, 1.54) is 18.5 Å². The van der Waals surface area contributed by atoms with Gasteiger partial charge in [0.2, 0.25) is 0 Å². The minimum atomic E-state index is -0.465. The summed E-state index contributed by atoms with van der Waals surface area (Å²) in [5.74, 6) is 0.224. The normalized spacial score (nSPS) is 14.2. The smallest absolute Gasteiger partial charge is 0.409 e. The summed E-state index contributed by atoms with van der Waals surface area (Å²) in [4.78, 5) is 35.8. The molecule has 1 aromatic carbocycles. The van der Waals surface area contributed by atoms with Gasteiger partial charge < -0.3 is 20.3 Å². The molecule has 1 aromatic heterocycles. The fraction of sp³-hybridized carbons (Fsp3) is 0.429. The molecule has 1 saturated heterocycles. The number of urea groups is 1. The van der Waals surface area contributed by atoms with Gasteiger partial charge in [-0.25, -0.2) is 23.9 Å². The molecule has 0 bridgehead atoms. The fourth-order valence-electron chi connectivity index (χ4n) is 3.23. The number of amides is 3. The average Bonchev–Trinajstić information content (AvgIpc) is 2.76. The number of halogens is 1. The van der Waals surface area contributed by atoms with E-state index in [4.69, 9.17) is 4.74 Å². The van der Waals surface area contributed by atoms with Gasteiger partial charge in [0.15, 0.2) is 0 Å². The fourth-order valence-corrected chi connectivity index (χ4v) is 3.23. The van der Waals surface area contributed by atoms with Gasteiger partial charge in [0.05, 0.1) is 24.7 Å². The zero-order valence-electron chi connectivity index (χ0n) is 17.7. The first-order chi connectivity index (χ1) is 14.9. The predicted octanol–water partition coefficient (Wildman–Crippen LogP) is 2.52. The summed E-state index contributed by atoms with van der Waals surface area (Å²) in [7, 11) is 0. The Labute approximate surface area is 180 Å². The third-order valence-electron chi connectivity index (χ3n) is 4.89. The van der Waals surface area contributed by atoms with Crippen LogP contribution in [0.3, 0.4) is 0 Å². The van der Waals surface area contributed by atoms with Gasteiger partial charge in [0.25, 0.3) is 0 Å². The molecule has 9 nitrogen and oxygen atoms in total. The third kappa shape index (κ3) is 6.61. The number of hydrogen-bond donors (Lipinski definition) is 2. The summed E-state index contributed by atoms with van der Waals surface area (Å²) in [5, 5.41) is 5.26. The molecule has 2 aromatic rings. The topological polar surface area (TPSA) is 99.7 Å². The second kappa shape index (κ2) is 10.7. The molecule has 3 amide bonds. The van der Waals surface area contributed by atoms with Gasteiger partial charge in [-0.1, -0.05) is 6.07 Å². The maximum atomic E-state index is 14.2. The summed E-state index contributed by atoms with van der Waals surface area (Å²) in [6, 6.07) is 4.43. The van der Waals surface area contributed by atoms with Gasteiger partial charge >= 0.3 is 12.1 Å². The van der Waals surface area contributed by atoms with Crippen molar-refractivity contribution in [3.8, 4) is 0 Å². The maximum Gasteiger partial charge on any atom is 0.409 e. The highest BCUT2D eigenvalue weighted by molar-refractivity contribution is 5.88. The maximum absolute atomic E-state index is 14.2. The minimum Gasteiger partial charge on any atom is -0.450 e. The summed E-state index contributed by atoms with van der Waals surface area (Å²) < 4.78 is 19.3. The number of carbonyl (C=O) groups excluding carboxylic acids is 2. The first-order valence-electron chi connectivity index (χ1n) is 10.2. The Balaban J connectivity index is 1.50. The molecule has 0 unspecified atom stereocenters. The van der Waals surface area contributed by atoms with Crippen molar-refractivity contribution in [1.29, 1.82) is 0 Å². The highest BCUT2D eigenvalue weighted by atomic mass is 19.1. The molecule has 0 aliphatic carbocycles. The number of hydrogen-bond acceptors (Lipinski definition) is 6. The summed E-state index contributed by atoms with van der Waals surface area (Å²) in [6.07, 6.45) is 2.73. The van der Waals surface area contributed by atoms with Crippen LogP contribution < -0.4 is 10.6 Å². The second-order valence-electron chi connectivity index (χ2n) is 7.21. The zero-order valence-corrected chi connectivity index (χ0v) is 17.7. The van der Waals surface area contributed by atoms with Crippen molar-refractivity contribution >= 4 is 17.8 Å². The number of piperazine rings is 1. The number of ether oxygens (including phenoxy) is 1. The van der Waals surface area contributed by atoms with Crippen LogP contribution in [0.2, 0.25) is 0 Å². The molecule has 0 saturated carbocycles. The Hall–Kier alpha value is -3.27. The van der Waals surface area contributed by atoms with E-state index < -0.39 is 6.03 Å². The van der Waals surface area contributed by atoms with Crippen LogP contribution in [0.1, 0.15) is 23.9 Å². The van der Waals surface area contributed by atoms with Gasteiger partial charge in [-0.3, -0.25) is 4.90 Å². The Bertz CT molecular complexity index is 900. The van der Waals surface area contributed by atoms with Crippen LogP contribution in [0.5, 0.6) is 0 Å². The van der Waals surface area contributed by atoms with E-state index in [9.17, 15) is 14.0 Å². The van der Waals surface area contributed by atoms with E-state index >= 15 is 0 Å². The molecular formula is C21H27FN6O3. The molecule has 0 spiro atoms. The van der Waals surface area contributed by atoms with E-state index in [2.05, 4.69) is 25.5 Å². The number of rotatable bonds is 6. The molecule has 1 aliphatic heterocycles. The molecule has 2 N–H and O–H groups in total. The van der Waals surface area contributed by atoms with Crippen LogP contribution in [0.15, 0.2) is 30.6 Å². The van der Waals surface area contributed by atoms with Crippen LogP contribution in [0, 0.1) is 12.7 Å². The molecule has 10 heteroatoms. The van der Waals surface area contributed by atoms with Crippen LogP contribution in [0.25, 0.3) is 0 Å². The van der Waals surface area contributed by atoms with Crippen molar-refractivity contribution in [3.63, 3.8) is 0 Å². The first kappa shape index (κ1) is 22.4. The number of nitrogens with one attached hydrogen (secondary N) is 2. The van der Waals surface area contributed by atoms with Gasteiger partial charge in [-0.2, -0.15) is 0 Å². The number of nitrogens with zero attached hydrogens (tertiary/aromatic N) is 4. The standard InChI is InChI=1S/C21H27FN6O3/c1-3-31-21(30)28-8-6-27(7-9-28)14-16-4-5-19(22)17(10-16)11-25-20(29)26-18-12-23-15(2)24-13-18/h4-5,10,12-13H,3,6-9,11,14H2,1-2H3,(H2,25,26,29). The van der Waals surface area contributed by atoms with Crippen LogP contribution in [-0.2, 0) is 17.8 Å². The van der Waals surface area contributed by atoms with Gasteiger partial charge in [0.1, 0.15) is 11.6 Å². The summed E-state index contributed by atoms with van der Waals surface area (Å²) in [6.45, 7) is 7.20. The lowest BCUT2D eigenvalue weighted by Gasteiger charge is -2.34. The van der Waals surface area contributed by atoms with Crippen molar-refractivity contribution in [3.05, 3.63) is 53.4 Å². The predicted molar refractivity (Wildman–Crippen MR) is 113 cm³/mol. The number of carbonyl (C=O) groups is 2. The zero-order chi connectivity index (χ0) is 22.2. The second-order valence-corrected chi connectivity index (χ2v) is 7.21. The first-order valence-corrected chi connectivity index (χ1v) is 10.2. The van der Waals surface area contributed by atoms with Crippen molar-refractivity contribution < 1.29 is 18.7 Å². The lowest BCUT2D eigenvalue weighted by Crippen LogP contribution is -2.48. The van der Waals surface area contributed by atoms with Gasteiger partial charge in [0, 0.05) is 44.8 Å². The SMILES string of the molecule is CCOC(=O)N1CCN(Cc2ccc(F)c(CNC(=O)Nc3cnc(C)nc3)c2)CC1. The quantitative estimate of drug-likeness (QED) is 0.731. The minimum absolute atomic E-state index is 0.0505. The van der Waals surface area contributed by atoms with Crippen molar-refractivity contribution in [2.24, 2.45) is 0 Å². The van der Waals surface area contributed by atoms with Crippen LogP contribution in [-0.4, -0.2) is 64.7 Å². The molecule has 1 fully saturated rings. The van der Waals surface area contributed by atoms with Crippen LogP contribution in [0.4, 0.5) is 19.7 Å².